The summed E-state index contributed by atoms with van der Waals surface area (Å²) in [7, 11) is 0. The van der Waals surface area contributed by atoms with Gasteiger partial charge in [0.25, 0.3) is 0 Å². The average Bonchev–Trinajstić information content (AvgIpc) is 3.96. The summed E-state index contributed by atoms with van der Waals surface area (Å²) in [5.41, 5.74) is 4.42. The molecule has 14 heteroatoms. The first kappa shape index (κ1) is 41.8. The van der Waals surface area contributed by atoms with E-state index in [2.05, 4.69) is 23.6 Å². The summed E-state index contributed by atoms with van der Waals surface area (Å²) in [6.45, 7) is 18.7. The van der Waals surface area contributed by atoms with Crippen molar-refractivity contribution in [1.29, 1.82) is 0 Å². The van der Waals surface area contributed by atoms with Gasteiger partial charge in [0.1, 0.15) is 11.6 Å². The Hall–Kier alpha value is -4.30. The van der Waals surface area contributed by atoms with Crippen LogP contribution < -0.4 is 9.80 Å². The van der Waals surface area contributed by atoms with E-state index in [9.17, 15) is 28.0 Å². The van der Waals surface area contributed by atoms with Crippen LogP contribution in [-0.4, -0.2) is 132 Å². The van der Waals surface area contributed by atoms with Gasteiger partial charge in [0.2, 0.25) is 11.8 Å². The van der Waals surface area contributed by atoms with E-state index in [1.54, 1.807) is 23.6 Å². The van der Waals surface area contributed by atoms with Crippen molar-refractivity contribution in [3.8, 4) is 0 Å². The summed E-state index contributed by atoms with van der Waals surface area (Å²) in [5.74, 6) is -0.338. The largest absolute Gasteiger partial charge is 0.450 e. The van der Waals surface area contributed by atoms with Crippen LogP contribution >= 0.6 is 0 Å². The number of nitrogens with zero attached hydrogens (tertiary/aromatic N) is 6. The number of fused-ring (bicyclic) bond motifs is 2. The lowest BCUT2D eigenvalue weighted by atomic mass is 9.93. The van der Waals surface area contributed by atoms with E-state index in [0.29, 0.717) is 50.3 Å². The van der Waals surface area contributed by atoms with Gasteiger partial charge in [0.05, 0.1) is 26.1 Å². The molecule has 6 aliphatic rings. The van der Waals surface area contributed by atoms with Crippen molar-refractivity contribution in [2.45, 2.75) is 116 Å². The Kier molecular flexibility index (Phi) is 12.1. The maximum Gasteiger partial charge on any atom is 0.409 e. The number of carbonyl (C=O) groups excluding carboxylic acids is 4. The SMILES string of the molecule is CCOC(=O)N1CCC(C)(N2CCC(N3C(=O)Cc4cc(F)c(C)cc43)CC2)C1.CCOC(=O)N1CCC(C)(N2CCC(N3C(=O)Cc4cc(F)c(C)cc43)CC2)C1. The first-order valence-corrected chi connectivity index (χ1v) is 21.2. The fraction of sp³-hybridized carbons (Fsp3) is 0.636. The van der Waals surface area contributed by atoms with Crippen LogP contribution in [-0.2, 0) is 31.9 Å². The van der Waals surface area contributed by atoms with Crippen LogP contribution in [0.5, 0.6) is 0 Å². The quantitative estimate of drug-likeness (QED) is 0.339. The normalized spacial score (nSPS) is 25.6. The monoisotopic (exact) mass is 806 g/mol. The molecular formula is C44H60F2N6O6. The minimum atomic E-state index is -0.242. The summed E-state index contributed by atoms with van der Waals surface area (Å²) in [5, 5.41) is 0. The van der Waals surface area contributed by atoms with Crippen molar-refractivity contribution in [3.63, 3.8) is 0 Å². The second-order valence-electron chi connectivity index (χ2n) is 17.5. The first-order valence-electron chi connectivity index (χ1n) is 21.2. The smallest absolute Gasteiger partial charge is 0.409 e. The van der Waals surface area contributed by atoms with Crippen LogP contribution in [0.1, 0.15) is 88.5 Å². The fourth-order valence-electron chi connectivity index (χ4n) is 10.2. The second kappa shape index (κ2) is 16.8. The molecule has 2 aromatic rings. The van der Waals surface area contributed by atoms with Crippen molar-refractivity contribution in [2.75, 3.05) is 75.4 Å². The number of hydrogen-bond acceptors (Lipinski definition) is 8. The first-order chi connectivity index (χ1) is 27.6. The molecule has 2 aromatic carbocycles. The number of amides is 4. The van der Waals surface area contributed by atoms with Crippen LogP contribution in [0.15, 0.2) is 24.3 Å². The standard InChI is InChI=1S/2C22H30FN3O3/c2*1-4-29-21(28)24-10-7-22(3,14-24)25-8-5-17(6-9-25)26-19-11-15(2)18(23)12-16(19)13-20(26)27/h2*11-12,17H,4-10,13-14H2,1-3H3. The van der Waals surface area contributed by atoms with E-state index in [1.165, 1.54) is 12.1 Å². The maximum atomic E-state index is 13.9. The average molecular weight is 807 g/mol. The molecule has 0 saturated carbocycles. The summed E-state index contributed by atoms with van der Waals surface area (Å²) >= 11 is 0. The van der Waals surface area contributed by atoms with E-state index in [0.717, 1.165) is 100 Å². The molecule has 4 fully saturated rings. The molecule has 0 radical (unpaired) electrons. The fourth-order valence-corrected chi connectivity index (χ4v) is 10.2. The molecular weight excluding hydrogens is 747 g/mol. The van der Waals surface area contributed by atoms with Gasteiger partial charge >= 0.3 is 12.2 Å². The minimum absolute atomic E-state index is 0.0512. The van der Waals surface area contributed by atoms with Crippen molar-refractivity contribution in [2.24, 2.45) is 0 Å². The predicted molar refractivity (Wildman–Crippen MR) is 217 cm³/mol. The minimum Gasteiger partial charge on any atom is -0.450 e. The Morgan fingerprint density at radius 3 is 1.34 bits per heavy atom. The molecule has 2 unspecified atom stereocenters. The number of piperidine rings is 2. The Morgan fingerprint density at radius 2 is 1.00 bits per heavy atom. The molecule has 0 aromatic heterocycles. The van der Waals surface area contributed by atoms with Crippen LogP contribution in [0.25, 0.3) is 0 Å². The highest BCUT2D eigenvalue weighted by Crippen LogP contribution is 2.39. The Balaban J connectivity index is 0.000000177. The number of ether oxygens (including phenoxy) is 2. The van der Waals surface area contributed by atoms with Crippen molar-refractivity contribution in [1.82, 2.24) is 19.6 Å². The van der Waals surface area contributed by atoms with E-state index in [1.807, 2.05) is 35.8 Å². The lowest BCUT2D eigenvalue weighted by Gasteiger charge is -2.44. The topological polar surface area (TPSA) is 106 Å². The molecule has 4 saturated heterocycles. The van der Waals surface area contributed by atoms with Crippen LogP contribution in [0.2, 0.25) is 0 Å². The molecule has 12 nitrogen and oxygen atoms in total. The number of anilines is 2. The summed E-state index contributed by atoms with van der Waals surface area (Å²) in [4.78, 5) is 61.8. The molecule has 4 amide bonds. The van der Waals surface area contributed by atoms with E-state index < -0.39 is 0 Å². The molecule has 2 atom stereocenters. The van der Waals surface area contributed by atoms with Gasteiger partial charge in [0.15, 0.2) is 0 Å². The number of aryl methyl sites for hydroxylation is 2. The van der Waals surface area contributed by atoms with Gasteiger partial charge in [-0.1, -0.05) is 0 Å². The third kappa shape index (κ3) is 8.15. The molecule has 0 aliphatic carbocycles. The molecule has 6 aliphatic heterocycles. The number of carbonyl (C=O) groups is 4. The molecule has 0 N–H and O–H groups in total. The van der Waals surface area contributed by atoms with Gasteiger partial charge in [-0.25, -0.2) is 18.4 Å². The molecule has 6 heterocycles. The lowest BCUT2D eigenvalue weighted by molar-refractivity contribution is -0.118. The Bertz CT molecular complexity index is 1780. The van der Waals surface area contributed by atoms with E-state index in [4.69, 9.17) is 9.47 Å². The zero-order valence-electron chi connectivity index (χ0n) is 35.1. The van der Waals surface area contributed by atoms with Gasteiger partial charge in [-0.05, 0) is 127 Å². The van der Waals surface area contributed by atoms with Gasteiger partial charge in [-0.2, -0.15) is 0 Å². The number of benzene rings is 2. The highest BCUT2D eigenvalue weighted by Gasteiger charge is 2.46. The summed E-state index contributed by atoms with van der Waals surface area (Å²) in [6.07, 6.45) is 5.53. The van der Waals surface area contributed by atoms with Gasteiger partial charge in [-0.15, -0.1) is 0 Å². The third-order valence-corrected chi connectivity index (χ3v) is 13.6. The zero-order chi connectivity index (χ0) is 41.5. The number of halogens is 2. The molecule has 58 heavy (non-hydrogen) atoms. The third-order valence-electron chi connectivity index (χ3n) is 13.6. The van der Waals surface area contributed by atoms with Crippen molar-refractivity contribution in [3.05, 3.63) is 58.2 Å². The number of hydrogen-bond donors (Lipinski definition) is 0. The second-order valence-corrected chi connectivity index (χ2v) is 17.5. The summed E-state index contributed by atoms with van der Waals surface area (Å²) < 4.78 is 38.1. The highest BCUT2D eigenvalue weighted by molar-refractivity contribution is 6.02. The predicted octanol–water partition coefficient (Wildman–Crippen LogP) is 6.22. The van der Waals surface area contributed by atoms with E-state index in [-0.39, 0.29) is 58.8 Å². The maximum absolute atomic E-state index is 13.9. The Morgan fingerprint density at radius 1 is 0.638 bits per heavy atom. The van der Waals surface area contributed by atoms with E-state index >= 15 is 0 Å². The van der Waals surface area contributed by atoms with Crippen molar-refractivity contribution >= 4 is 35.4 Å². The highest BCUT2D eigenvalue weighted by atomic mass is 19.1. The van der Waals surface area contributed by atoms with Crippen LogP contribution in [0.4, 0.5) is 29.7 Å². The lowest BCUT2D eigenvalue weighted by Crippen LogP contribution is -2.55. The van der Waals surface area contributed by atoms with Gasteiger partial charge < -0.3 is 29.1 Å². The summed E-state index contributed by atoms with van der Waals surface area (Å²) in [6, 6.07) is 6.96. The molecule has 0 bridgehead atoms. The number of likely N-dealkylation sites (tertiary alicyclic amines) is 4. The van der Waals surface area contributed by atoms with Crippen LogP contribution in [0.3, 0.4) is 0 Å². The molecule has 0 spiro atoms. The van der Waals surface area contributed by atoms with Gasteiger partial charge in [0, 0.05) is 86.9 Å². The molecule has 316 valence electrons. The molecule has 8 rings (SSSR count). The van der Waals surface area contributed by atoms with Crippen molar-refractivity contribution < 1.29 is 37.4 Å². The number of rotatable bonds is 6. The zero-order valence-corrected chi connectivity index (χ0v) is 35.1. The Labute approximate surface area is 341 Å². The van der Waals surface area contributed by atoms with Gasteiger partial charge in [-0.3, -0.25) is 19.4 Å². The van der Waals surface area contributed by atoms with Crippen LogP contribution in [0, 0.1) is 25.5 Å².